The molecule has 0 bridgehead atoms. The Balaban J connectivity index is 1.29. The molecular weight excluding hydrogens is 621 g/mol. The van der Waals surface area contributed by atoms with Gasteiger partial charge in [0.05, 0.1) is 30.3 Å². The zero-order chi connectivity index (χ0) is 33.6. The fourth-order valence-electron chi connectivity index (χ4n) is 6.57. The number of fused-ring (bicyclic) bond motifs is 1. The van der Waals surface area contributed by atoms with Gasteiger partial charge in [0.25, 0.3) is 5.91 Å². The lowest BCUT2D eigenvalue weighted by Crippen LogP contribution is -2.31. The van der Waals surface area contributed by atoms with E-state index in [2.05, 4.69) is 21.6 Å². The van der Waals surface area contributed by atoms with Gasteiger partial charge in [-0.15, -0.1) is 10.2 Å². The summed E-state index contributed by atoms with van der Waals surface area (Å²) < 4.78 is 50.8. The Kier molecular flexibility index (Phi) is 8.39. The number of likely N-dealkylation sites (N-methyl/N-ethyl adjacent to an activating group) is 1. The van der Waals surface area contributed by atoms with Crippen LogP contribution in [0, 0.1) is 17.2 Å². The summed E-state index contributed by atoms with van der Waals surface area (Å²) >= 11 is 0. The number of aromatic nitrogens is 4. The lowest BCUT2D eigenvalue weighted by atomic mass is 9.97. The van der Waals surface area contributed by atoms with Gasteiger partial charge in [-0.3, -0.25) is 14.6 Å². The van der Waals surface area contributed by atoms with Crippen molar-refractivity contribution in [2.24, 2.45) is 13.0 Å². The summed E-state index contributed by atoms with van der Waals surface area (Å²) in [5.41, 5.74) is 1.96. The van der Waals surface area contributed by atoms with Crippen molar-refractivity contribution >= 4 is 17.5 Å². The SMILES string of the molecule is CN(Cc1cc2c(c(C(F)(F)F)c1)CN(c1cc(-c3cc(C#N)ccc3-c3nncn3C)cc(NCCC3CC3)n1)C2=O)[C@@H]1CCOC1. The first-order valence-corrected chi connectivity index (χ1v) is 16.1. The van der Waals surface area contributed by atoms with E-state index in [0.717, 1.165) is 18.9 Å². The van der Waals surface area contributed by atoms with E-state index in [9.17, 15) is 23.2 Å². The minimum atomic E-state index is -4.65. The fraction of sp³-hybridized carbons (Fsp3) is 0.400. The molecule has 1 atom stereocenters. The van der Waals surface area contributed by atoms with E-state index >= 15 is 0 Å². The first-order valence-electron chi connectivity index (χ1n) is 16.1. The maximum Gasteiger partial charge on any atom is 0.416 e. The molecule has 4 aromatic rings. The Morgan fingerprint density at radius 1 is 1.10 bits per heavy atom. The molecule has 2 aliphatic heterocycles. The second-order valence-corrected chi connectivity index (χ2v) is 12.9. The number of nitriles is 1. The van der Waals surface area contributed by atoms with Crippen LogP contribution in [0.15, 0.2) is 48.8 Å². The zero-order valence-corrected chi connectivity index (χ0v) is 26.7. The Hall–Kier alpha value is -4.80. The van der Waals surface area contributed by atoms with Crippen LogP contribution < -0.4 is 10.2 Å². The van der Waals surface area contributed by atoms with E-state index < -0.39 is 17.6 Å². The number of halogens is 3. The van der Waals surface area contributed by atoms with E-state index in [1.807, 2.05) is 25.1 Å². The number of anilines is 2. The Labute approximate surface area is 276 Å². The minimum Gasteiger partial charge on any atom is -0.380 e. The minimum absolute atomic E-state index is 0.0256. The van der Waals surface area contributed by atoms with Crippen LogP contribution in [0.2, 0.25) is 0 Å². The number of carbonyl (C=O) groups excluding carboxylic acids is 1. The summed E-state index contributed by atoms with van der Waals surface area (Å²) in [6.07, 6.45) is 1.07. The number of benzene rings is 2. The van der Waals surface area contributed by atoms with Gasteiger partial charge in [0.2, 0.25) is 0 Å². The number of aryl methyl sites for hydroxylation is 1. The molecule has 3 aliphatic rings. The number of rotatable bonds is 10. The average molecular weight is 657 g/mol. The molecule has 1 amide bonds. The first-order chi connectivity index (χ1) is 23.1. The van der Waals surface area contributed by atoms with Gasteiger partial charge >= 0.3 is 6.18 Å². The predicted octanol–water partition coefficient (Wildman–Crippen LogP) is 6.03. The van der Waals surface area contributed by atoms with Crippen LogP contribution in [0.4, 0.5) is 24.8 Å². The molecule has 1 aliphatic carbocycles. The summed E-state index contributed by atoms with van der Waals surface area (Å²) in [6.45, 7) is 1.77. The van der Waals surface area contributed by atoms with Crippen molar-refractivity contribution < 1.29 is 22.7 Å². The van der Waals surface area contributed by atoms with E-state index in [0.29, 0.717) is 65.1 Å². The maximum atomic E-state index is 14.5. The van der Waals surface area contributed by atoms with Gasteiger partial charge in [-0.25, -0.2) is 4.98 Å². The molecule has 7 rings (SSSR count). The number of hydrogen-bond donors (Lipinski definition) is 1. The smallest absolute Gasteiger partial charge is 0.380 e. The Bertz CT molecular complexity index is 1910. The number of nitrogens with one attached hydrogen (secondary N) is 1. The topological polar surface area (TPSA) is 112 Å². The highest BCUT2D eigenvalue weighted by molar-refractivity contribution is 6.10. The quantitative estimate of drug-likeness (QED) is 0.220. The van der Waals surface area contributed by atoms with Crippen molar-refractivity contribution in [1.82, 2.24) is 24.6 Å². The highest BCUT2D eigenvalue weighted by Gasteiger charge is 2.41. The number of pyridine rings is 1. The molecule has 0 spiro atoms. The lowest BCUT2D eigenvalue weighted by Gasteiger charge is -2.23. The number of hydrogen-bond acceptors (Lipinski definition) is 8. The third-order valence-corrected chi connectivity index (χ3v) is 9.42. The number of alkyl halides is 3. The van der Waals surface area contributed by atoms with Crippen molar-refractivity contribution in [1.29, 1.82) is 5.26 Å². The second kappa shape index (κ2) is 12.7. The van der Waals surface area contributed by atoms with Crippen LogP contribution in [0.1, 0.15) is 58.3 Å². The molecule has 2 fully saturated rings. The highest BCUT2D eigenvalue weighted by atomic mass is 19.4. The number of carbonyl (C=O) groups is 1. The summed E-state index contributed by atoms with van der Waals surface area (Å²) in [4.78, 5) is 22.1. The Morgan fingerprint density at radius 3 is 2.62 bits per heavy atom. The van der Waals surface area contributed by atoms with Crippen LogP contribution in [-0.4, -0.2) is 63.4 Å². The molecule has 48 heavy (non-hydrogen) atoms. The second-order valence-electron chi connectivity index (χ2n) is 12.9. The zero-order valence-electron chi connectivity index (χ0n) is 26.7. The molecule has 1 N–H and O–H groups in total. The van der Waals surface area contributed by atoms with Crippen LogP contribution in [-0.2, 0) is 31.1 Å². The number of ether oxygens (including phenoxy) is 1. The number of amides is 1. The van der Waals surface area contributed by atoms with Gasteiger partial charge in [-0.05, 0) is 90.5 Å². The van der Waals surface area contributed by atoms with E-state index in [-0.39, 0.29) is 36.1 Å². The van der Waals surface area contributed by atoms with Gasteiger partial charge in [0.1, 0.15) is 18.0 Å². The highest BCUT2D eigenvalue weighted by Crippen LogP contribution is 2.41. The molecule has 248 valence electrons. The van der Waals surface area contributed by atoms with Gasteiger partial charge in [0, 0.05) is 43.9 Å². The standard InChI is InChI=1S/C35H35F3N8O2/c1-44(25-8-10-48-19-25)17-23-12-28-29(30(13-23)35(36,37)38)18-46(34(28)47)32-15-24(14-31(42-32)40-9-7-21-3-4-21)27-11-22(16-39)5-6-26(27)33-43-41-20-45(33)2/h5-6,11-15,20-21,25H,3-4,7-10,17-19H2,1-2H3,(H,40,42)/t25-/m1/s1. The van der Waals surface area contributed by atoms with Crippen LogP contribution in [0.5, 0.6) is 0 Å². The average Bonchev–Trinajstić information content (AvgIpc) is 3.40. The van der Waals surface area contributed by atoms with Gasteiger partial charge < -0.3 is 14.6 Å². The van der Waals surface area contributed by atoms with Crippen molar-refractivity contribution in [2.45, 2.75) is 51.0 Å². The van der Waals surface area contributed by atoms with Crippen molar-refractivity contribution in [3.63, 3.8) is 0 Å². The number of nitrogens with zero attached hydrogens (tertiary/aromatic N) is 7. The van der Waals surface area contributed by atoms with Crippen LogP contribution >= 0.6 is 0 Å². The molecule has 2 aromatic carbocycles. The van der Waals surface area contributed by atoms with Gasteiger partial charge in [0.15, 0.2) is 5.82 Å². The monoisotopic (exact) mass is 656 g/mol. The van der Waals surface area contributed by atoms with E-state index in [1.54, 1.807) is 41.2 Å². The predicted molar refractivity (Wildman–Crippen MR) is 173 cm³/mol. The molecule has 0 radical (unpaired) electrons. The third kappa shape index (κ3) is 6.37. The molecular formula is C35H35F3N8O2. The normalized spacial score (nSPS) is 17.6. The summed E-state index contributed by atoms with van der Waals surface area (Å²) in [6, 6.07) is 13.8. The summed E-state index contributed by atoms with van der Waals surface area (Å²) in [7, 11) is 3.67. The maximum absolute atomic E-state index is 14.5. The van der Waals surface area contributed by atoms with E-state index in [1.165, 1.54) is 17.7 Å². The van der Waals surface area contributed by atoms with Crippen molar-refractivity contribution in [3.8, 4) is 28.6 Å². The van der Waals surface area contributed by atoms with E-state index in [4.69, 9.17) is 9.72 Å². The summed E-state index contributed by atoms with van der Waals surface area (Å²) in [5, 5.41) is 21.4. The molecule has 10 nitrogen and oxygen atoms in total. The fourth-order valence-corrected chi connectivity index (χ4v) is 6.57. The molecule has 2 aromatic heterocycles. The first kappa shape index (κ1) is 31.8. The van der Waals surface area contributed by atoms with Gasteiger partial charge in [-0.1, -0.05) is 12.8 Å². The molecule has 1 saturated heterocycles. The lowest BCUT2D eigenvalue weighted by molar-refractivity contribution is -0.138. The van der Waals surface area contributed by atoms with Crippen molar-refractivity contribution in [2.75, 3.05) is 37.0 Å². The van der Waals surface area contributed by atoms with Crippen molar-refractivity contribution in [3.05, 3.63) is 76.6 Å². The molecule has 0 unspecified atom stereocenters. The summed E-state index contributed by atoms with van der Waals surface area (Å²) in [5.74, 6) is 1.38. The molecule has 4 heterocycles. The third-order valence-electron chi connectivity index (χ3n) is 9.42. The largest absolute Gasteiger partial charge is 0.416 e. The molecule has 13 heteroatoms. The van der Waals surface area contributed by atoms with Crippen LogP contribution in [0.3, 0.4) is 0 Å². The molecule has 1 saturated carbocycles. The van der Waals surface area contributed by atoms with Crippen LogP contribution in [0.25, 0.3) is 22.5 Å². The Morgan fingerprint density at radius 2 is 1.94 bits per heavy atom. The van der Waals surface area contributed by atoms with Gasteiger partial charge in [-0.2, -0.15) is 18.4 Å².